The fraction of sp³-hybridized carbons (Fsp3) is 0.333. The quantitative estimate of drug-likeness (QED) is 0.860. The summed E-state index contributed by atoms with van der Waals surface area (Å²) < 4.78 is 3.63. The largest absolute Gasteiger partial charge is 0.478 e. The van der Waals surface area contributed by atoms with Crippen LogP contribution in [0.5, 0.6) is 0 Å². The average molecular weight is 233 g/mol. The third-order valence-corrected chi connectivity index (χ3v) is 2.99. The number of carboxylic acids is 1. The standard InChI is InChI=1S/C12H15N3O2/c1-7-6-11(13-14(7)4)15-8(2)5-10(9(15)3)12(16)17/h5-6H,1-4H3,(H,16,17). The van der Waals surface area contributed by atoms with Crippen LogP contribution in [0.25, 0.3) is 5.82 Å². The van der Waals surface area contributed by atoms with E-state index in [1.54, 1.807) is 17.7 Å². The summed E-state index contributed by atoms with van der Waals surface area (Å²) >= 11 is 0. The van der Waals surface area contributed by atoms with Crippen molar-refractivity contribution in [2.45, 2.75) is 20.8 Å². The van der Waals surface area contributed by atoms with Crippen molar-refractivity contribution in [2.24, 2.45) is 7.05 Å². The van der Waals surface area contributed by atoms with Crippen molar-refractivity contribution >= 4 is 5.97 Å². The SMILES string of the molecule is Cc1cc(-n2c(C)cc(C(=O)O)c2C)nn1C. The lowest BCUT2D eigenvalue weighted by Gasteiger charge is -2.04. The molecule has 0 amide bonds. The first-order valence-electron chi connectivity index (χ1n) is 5.35. The van der Waals surface area contributed by atoms with Gasteiger partial charge in [0.05, 0.1) is 5.56 Å². The predicted molar refractivity (Wildman–Crippen MR) is 63.7 cm³/mol. The summed E-state index contributed by atoms with van der Waals surface area (Å²) in [5, 5.41) is 13.4. The molecule has 2 heterocycles. The Labute approximate surface area is 99.3 Å². The molecule has 0 fully saturated rings. The van der Waals surface area contributed by atoms with Crippen LogP contribution < -0.4 is 0 Å². The molecular weight excluding hydrogens is 218 g/mol. The van der Waals surface area contributed by atoms with Crippen LogP contribution in [0.4, 0.5) is 0 Å². The minimum atomic E-state index is -0.906. The summed E-state index contributed by atoms with van der Waals surface area (Å²) in [5.74, 6) is -0.149. The molecule has 0 unspecified atom stereocenters. The Hall–Kier alpha value is -2.04. The van der Waals surface area contributed by atoms with Crippen LogP contribution in [-0.4, -0.2) is 25.4 Å². The van der Waals surface area contributed by atoms with E-state index in [9.17, 15) is 4.79 Å². The van der Waals surface area contributed by atoms with Crippen LogP contribution in [0, 0.1) is 20.8 Å². The molecule has 90 valence electrons. The number of hydrogen-bond donors (Lipinski definition) is 1. The molecule has 2 rings (SSSR count). The van der Waals surface area contributed by atoms with Gasteiger partial charge in [-0.1, -0.05) is 0 Å². The summed E-state index contributed by atoms with van der Waals surface area (Å²) in [4.78, 5) is 11.1. The van der Waals surface area contributed by atoms with Gasteiger partial charge in [-0.25, -0.2) is 4.79 Å². The highest BCUT2D eigenvalue weighted by Crippen LogP contribution is 2.20. The van der Waals surface area contributed by atoms with Gasteiger partial charge in [-0.05, 0) is 26.8 Å². The third kappa shape index (κ3) is 1.73. The fourth-order valence-corrected chi connectivity index (χ4v) is 1.98. The zero-order valence-electron chi connectivity index (χ0n) is 10.4. The van der Waals surface area contributed by atoms with Crippen LogP contribution in [0.1, 0.15) is 27.4 Å². The van der Waals surface area contributed by atoms with Gasteiger partial charge < -0.3 is 9.67 Å². The molecule has 2 aromatic heterocycles. The fourth-order valence-electron chi connectivity index (χ4n) is 1.98. The Morgan fingerprint density at radius 1 is 1.24 bits per heavy atom. The van der Waals surface area contributed by atoms with Crippen LogP contribution in [0.15, 0.2) is 12.1 Å². The van der Waals surface area contributed by atoms with Crippen LogP contribution in [0.2, 0.25) is 0 Å². The molecule has 2 aromatic rings. The van der Waals surface area contributed by atoms with E-state index in [1.165, 1.54) is 0 Å². The Bertz CT molecular complexity index is 574. The van der Waals surface area contributed by atoms with Crippen LogP contribution in [0.3, 0.4) is 0 Å². The highest BCUT2D eigenvalue weighted by atomic mass is 16.4. The number of carbonyl (C=O) groups is 1. The molecule has 0 saturated carbocycles. The van der Waals surface area contributed by atoms with Crippen molar-refractivity contribution in [2.75, 3.05) is 0 Å². The number of rotatable bonds is 2. The normalized spacial score (nSPS) is 10.8. The summed E-state index contributed by atoms with van der Waals surface area (Å²) in [6.45, 7) is 5.63. The number of aryl methyl sites for hydroxylation is 3. The van der Waals surface area contributed by atoms with Crippen molar-refractivity contribution in [3.63, 3.8) is 0 Å². The Morgan fingerprint density at radius 3 is 2.29 bits per heavy atom. The molecule has 0 saturated heterocycles. The molecule has 0 bridgehead atoms. The molecule has 0 atom stereocenters. The van der Waals surface area contributed by atoms with E-state index in [0.29, 0.717) is 11.3 Å². The highest BCUT2D eigenvalue weighted by molar-refractivity contribution is 5.89. The minimum Gasteiger partial charge on any atom is -0.478 e. The number of aromatic nitrogens is 3. The van der Waals surface area contributed by atoms with Gasteiger partial charge in [-0.2, -0.15) is 5.10 Å². The van der Waals surface area contributed by atoms with E-state index in [1.807, 2.05) is 31.5 Å². The lowest BCUT2D eigenvalue weighted by Crippen LogP contribution is -2.03. The van der Waals surface area contributed by atoms with Crippen molar-refractivity contribution < 1.29 is 9.90 Å². The maximum atomic E-state index is 11.1. The van der Waals surface area contributed by atoms with Crippen molar-refractivity contribution in [3.05, 3.63) is 34.8 Å². The number of aromatic carboxylic acids is 1. The number of nitrogens with zero attached hydrogens (tertiary/aromatic N) is 3. The summed E-state index contributed by atoms with van der Waals surface area (Å²) in [7, 11) is 1.87. The summed E-state index contributed by atoms with van der Waals surface area (Å²) in [5.41, 5.74) is 2.93. The van der Waals surface area contributed by atoms with Gasteiger partial charge in [-0.15, -0.1) is 0 Å². The summed E-state index contributed by atoms with van der Waals surface area (Å²) in [6, 6.07) is 3.60. The van der Waals surface area contributed by atoms with Gasteiger partial charge in [0.2, 0.25) is 0 Å². The second kappa shape index (κ2) is 3.76. The number of carboxylic acid groups (broad SMARTS) is 1. The lowest BCUT2D eigenvalue weighted by molar-refractivity contribution is 0.0696. The van der Waals surface area contributed by atoms with E-state index < -0.39 is 5.97 Å². The maximum absolute atomic E-state index is 11.1. The van der Waals surface area contributed by atoms with Gasteiger partial charge in [0.15, 0.2) is 5.82 Å². The van der Waals surface area contributed by atoms with E-state index >= 15 is 0 Å². The van der Waals surface area contributed by atoms with Crippen molar-refractivity contribution in [1.82, 2.24) is 14.3 Å². The third-order valence-electron chi connectivity index (χ3n) is 2.99. The monoisotopic (exact) mass is 233 g/mol. The topological polar surface area (TPSA) is 60.1 Å². The van der Waals surface area contributed by atoms with Crippen molar-refractivity contribution in [3.8, 4) is 5.82 Å². The van der Waals surface area contributed by atoms with Crippen LogP contribution in [-0.2, 0) is 7.05 Å². The van der Waals surface area contributed by atoms with Crippen molar-refractivity contribution in [1.29, 1.82) is 0 Å². The molecule has 0 aliphatic rings. The molecular formula is C12H15N3O2. The maximum Gasteiger partial charge on any atom is 0.337 e. The molecule has 0 aliphatic carbocycles. The molecule has 0 radical (unpaired) electrons. The first-order valence-corrected chi connectivity index (χ1v) is 5.35. The van der Waals surface area contributed by atoms with E-state index in [2.05, 4.69) is 5.10 Å². The summed E-state index contributed by atoms with van der Waals surface area (Å²) in [6.07, 6.45) is 0. The highest BCUT2D eigenvalue weighted by Gasteiger charge is 2.17. The zero-order valence-corrected chi connectivity index (χ0v) is 10.4. The first-order chi connectivity index (χ1) is 7.91. The second-order valence-electron chi connectivity index (χ2n) is 4.19. The van der Waals surface area contributed by atoms with Crippen LogP contribution >= 0.6 is 0 Å². The van der Waals surface area contributed by atoms with Gasteiger partial charge in [-0.3, -0.25) is 4.68 Å². The molecule has 0 aromatic carbocycles. The van der Waals surface area contributed by atoms with Gasteiger partial charge in [0.1, 0.15) is 0 Å². The predicted octanol–water partition coefficient (Wildman–Crippen LogP) is 1.83. The lowest BCUT2D eigenvalue weighted by atomic mass is 10.2. The Morgan fingerprint density at radius 2 is 1.88 bits per heavy atom. The van der Waals surface area contributed by atoms with E-state index in [-0.39, 0.29) is 0 Å². The molecule has 1 N–H and O–H groups in total. The zero-order chi connectivity index (χ0) is 12.7. The van der Waals surface area contributed by atoms with Gasteiger partial charge in [0.25, 0.3) is 0 Å². The minimum absolute atomic E-state index is 0.325. The Kier molecular flexibility index (Phi) is 2.53. The van der Waals surface area contributed by atoms with E-state index in [4.69, 9.17) is 5.11 Å². The first kappa shape index (κ1) is 11.4. The molecule has 0 spiro atoms. The van der Waals surface area contributed by atoms with Gasteiger partial charge >= 0.3 is 5.97 Å². The Balaban J connectivity index is 2.63. The van der Waals surface area contributed by atoms with Gasteiger partial charge in [0, 0.05) is 30.2 Å². The average Bonchev–Trinajstić information content (AvgIpc) is 2.69. The molecule has 0 aliphatic heterocycles. The van der Waals surface area contributed by atoms with E-state index in [0.717, 1.165) is 17.2 Å². The second-order valence-corrected chi connectivity index (χ2v) is 4.19. The molecule has 5 heteroatoms. The smallest absolute Gasteiger partial charge is 0.337 e. The number of hydrogen-bond acceptors (Lipinski definition) is 2. The molecule has 17 heavy (non-hydrogen) atoms. The molecule has 5 nitrogen and oxygen atoms in total.